The van der Waals surface area contributed by atoms with E-state index in [1.165, 1.54) is 5.56 Å². The minimum absolute atomic E-state index is 0.165. The third-order valence-corrected chi connectivity index (χ3v) is 4.99. The number of nitrogens with zero attached hydrogens (tertiary/aromatic N) is 1. The number of H-pyrrole nitrogens is 1. The summed E-state index contributed by atoms with van der Waals surface area (Å²) in [5.74, 6) is -0.407. The number of amides is 3. The lowest BCUT2D eigenvalue weighted by Gasteiger charge is -2.29. The molecule has 0 aliphatic carbocycles. The number of aromatic amines is 1. The first-order valence-corrected chi connectivity index (χ1v) is 8.25. The second-order valence-electron chi connectivity index (χ2n) is 6.84. The standard InChI is InChI=1S/C18H19N3O3/c1-9(2)10-3-4-13-11(7-10)12-8-21(18(24)16(12)19-13)14-5-6-15(22)20-17(14)23/h3-4,7,9,14,19H,5-6,8H2,1-2H3,(H,20,22,23). The first kappa shape index (κ1) is 14.9. The minimum atomic E-state index is -0.570. The van der Waals surface area contributed by atoms with Crippen LogP contribution >= 0.6 is 0 Å². The van der Waals surface area contributed by atoms with E-state index in [1.54, 1.807) is 4.90 Å². The second kappa shape index (κ2) is 5.19. The van der Waals surface area contributed by atoms with E-state index in [1.807, 2.05) is 6.07 Å². The molecule has 0 spiro atoms. The molecule has 1 saturated heterocycles. The van der Waals surface area contributed by atoms with Gasteiger partial charge in [-0.2, -0.15) is 0 Å². The number of hydrogen-bond acceptors (Lipinski definition) is 3. The molecule has 2 N–H and O–H groups in total. The Kier molecular flexibility index (Phi) is 3.23. The monoisotopic (exact) mass is 325 g/mol. The lowest BCUT2D eigenvalue weighted by Crippen LogP contribution is -2.52. The maximum absolute atomic E-state index is 12.7. The van der Waals surface area contributed by atoms with Gasteiger partial charge in [-0.05, 0) is 30.0 Å². The Labute approximate surface area is 139 Å². The summed E-state index contributed by atoms with van der Waals surface area (Å²) in [5, 5.41) is 3.37. The second-order valence-corrected chi connectivity index (χ2v) is 6.84. The summed E-state index contributed by atoms with van der Waals surface area (Å²) in [4.78, 5) is 40.9. The SMILES string of the molecule is CC(C)c1ccc2[nH]c3c(c2c1)CN(C1CCC(=O)NC1=O)C3=O. The fourth-order valence-electron chi connectivity index (χ4n) is 3.59. The van der Waals surface area contributed by atoms with Gasteiger partial charge in [0.25, 0.3) is 5.91 Å². The lowest BCUT2D eigenvalue weighted by molar-refractivity contribution is -0.136. The number of rotatable bonds is 2. The summed E-state index contributed by atoms with van der Waals surface area (Å²) in [7, 11) is 0. The maximum Gasteiger partial charge on any atom is 0.271 e. The third kappa shape index (κ3) is 2.13. The van der Waals surface area contributed by atoms with Crippen molar-refractivity contribution in [3.8, 4) is 0 Å². The summed E-state index contributed by atoms with van der Waals surface area (Å²) in [5.41, 5.74) is 3.68. The van der Waals surface area contributed by atoms with Crippen LogP contribution in [-0.2, 0) is 16.1 Å². The van der Waals surface area contributed by atoms with Gasteiger partial charge >= 0.3 is 0 Å². The van der Waals surface area contributed by atoms with Gasteiger partial charge in [-0.15, -0.1) is 0 Å². The first-order chi connectivity index (χ1) is 11.5. The number of carbonyl (C=O) groups is 3. The van der Waals surface area contributed by atoms with Gasteiger partial charge in [-0.3, -0.25) is 19.7 Å². The zero-order valence-electron chi connectivity index (χ0n) is 13.7. The zero-order valence-corrected chi connectivity index (χ0v) is 13.7. The Hall–Kier alpha value is -2.63. The topological polar surface area (TPSA) is 82.3 Å². The molecule has 1 aromatic carbocycles. The highest BCUT2D eigenvalue weighted by Crippen LogP contribution is 2.34. The van der Waals surface area contributed by atoms with Crippen LogP contribution in [-0.4, -0.2) is 33.6 Å². The van der Waals surface area contributed by atoms with E-state index < -0.39 is 6.04 Å². The fraction of sp³-hybridized carbons (Fsp3) is 0.389. The molecule has 2 aliphatic rings. The Morgan fingerprint density at radius 1 is 1.21 bits per heavy atom. The number of hydrogen-bond donors (Lipinski definition) is 2. The molecule has 24 heavy (non-hydrogen) atoms. The Bertz CT molecular complexity index is 881. The van der Waals surface area contributed by atoms with Gasteiger partial charge in [0.1, 0.15) is 11.7 Å². The van der Waals surface area contributed by atoms with Gasteiger partial charge in [0.15, 0.2) is 0 Å². The zero-order chi connectivity index (χ0) is 17.0. The van der Waals surface area contributed by atoms with Gasteiger partial charge in [-0.1, -0.05) is 19.9 Å². The van der Waals surface area contributed by atoms with Crippen LogP contribution in [0, 0.1) is 0 Å². The van der Waals surface area contributed by atoms with E-state index in [0.29, 0.717) is 24.6 Å². The molecule has 124 valence electrons. The number of carbonyl (C=O) groups excluding carboxylic acids is 3. The number of nitrogens with one attached hydrogen (secondary N) is 2. The molecule has 3 amide bonds. The average Bonchev–Trinajstić information content (AvgIpc) is 3.04. The van der Waals surface area contributed by atoms with E-state index in [2.05, 4.69) is 36.3 Å². The predicted molar refractivity (Wildman–Crippen MR) is 88.4 cm³/mol. The summed E-state index contributed by atoms with van der Waals surface area (Å²) >= 11 is 0. The van der Waals surface area contributed by atoms with Crippen LogP contribution in [0.15, 0.2) is 18.2 Å². The molecule has 3 heterocycles. The van der Waals surface area contributed by atoms with Gasteiger partial charge in [0.2, 0.25) is 11.8 Å². The first-order valence-electron chi connectivity index (χ1n) is 8.25. The number of piperidine rings is 1. The summed E-state index contributed by atoms with van der Waals surface area (Å²) in [6, 6.07) is 5.63. The average molecular weight is 325 g/mol. The number of benzene rings is 1. The molecular weight excluding hydrogens is 306 g/mol. The molecule has 1 aromatic heterocycles. The predicted octanol–water partition coefficient (Wildman–Crippen LogP) is 2.05. The van der Waals surface area contributed by atoms with Crippen molar-refractivity contribution in [1.82, 2.24) is 15.2 Å². The molecule has 2 aromatic rings. The van der Waals surface area contributed by atoms with E-state index in [0.717, 1.165) is 16.5 Å². The van der Waals surface area contributed by atoms with E-state index in [9.17, 15) is 14.4 Å². The highest BCUT2D eigenvalue weighted by Gasteiger charge is 2.40. The van der Waals surface area contributed by atoms with Crippen molar-refractivity contribution in [3.63, 3.8) is 0 Å². The normalized spacial score (nSPS) is 20.9. The van der Waals surface area contributed by atoms with Gasteiger partial charge in [0, 0.05) is 29.4 Å². The molecule has 0 bridgehead atoms. The third-order valence-electron chi connectivity index (χ3n) is 4.99. The largest absolute Gasteiger partial charge is 0.350 e. The smallest absolute Gasteiger partial charge is 0.271 e. The van der Waals surface area contributed by atoms with Crippen LogP contribution in [0.3, 0.4) is 0 Å². The van der Waals surface area contributed by atoms with Crippen molar-refractivity contribution in [3.05, 3.63) is 35.0 Å². The molecule has 6 heteroatoms. The molecule has 1 unspecified atom stereocenters. The van der Waals surface area contributed by atoms with E-state index >= 15 is 0 Å². The Morgan fingerprint density at radius 2 is 2.00 bits per heavy atom. The molecular formula is C18H19N3O3. The summed E-state index contributed by atoms with van der Waals surface area (Å²) in [6.45, 7) is 4.67. The van der Waals surface area contributed by atoms with Crippen molar-refractivity contribution in [1.29, 1.82) is 0 Å². The molecule has 6 nitrogen and oxygen atoms in total. The molecule has 1 fully saturated rings. The van der Waals surface area contributed by atoms with Crippen LogP contribution in [0.1, 0.15) is 54.2 Å². The maximum atomic E-state index is 12.7. The molecule has 4 rings (SSSR count). The van der Waals surface area contributed by atoms with Crippen LogP contribution in [0.5, 0.6) is 0 Å². The highest BCUT2D eigenvalue weighted by atomic mass is 16.2. The van der Waals surface area contributed by atoms with E-state index in [-0.39, 0.29) is 24.1 Å². The fourth-order valence-corrected chi connectivity index (χ4v) is 3.59. The number of imide groups is 1. The molecule has 2 aliphatic heterocycles. The Morgan fingerprint density at radius 3 is 2.71 bits per heavy atom. The van der Waals surface area contributed by atoms with Gasteiger partial charge in [0.05, 0.1) is 0 Å². The van der Waals surface area contributed by atoms with Crippen LogP contribution < -0.4 is 5.32 Å². The number of aromatic nitrogens is 1. The van der Waals surface area contributed by atoms with Crippen molar-refractivity contribution >= 4 is 28.6 Å². The van der Waals surface area contributed by atoms with E-state index in [4.69, 9.17) is 0 Å². The summed E-state index contributed by atoms with van der Waals surface area (Å²) in [6.07, 6.45) is 0.655. The summed E-state index contributed by atoms with van der Waals surface area (Å²) < 4.78 is 0. The van der Waals surface area contributed by atoms with Crippen LogP contribution in [0.2, 0.25) is 0 Å². The molecule has 0 radical (unpaired) electrons. The Balaban J connectivity index is 1.71. The van der Waals surface area contributed by atoms with Crippen molar-refractivity contribution < 1.29 is 14.4 Å². The van der Waals surface area contributed by atoms with Crippen molar-refractivity contribution in [2.75, 3.05) is 0 Å². The quantitative estimate of drug-likeness (QED) is 0.829. The lowest BCUT2D eigenvalue weighted by atomic mass is 10.0. The molecule has 0 saturated carbocycles. The van der Waals surface area contributed by atoms with Gasteiger partial charge in [-0.25, -0.2) is 0 Å². The van der Waals surface area contributed by atoms with Crippen LogP contribution in [0.4, 0.5) is 0 Å². The number of fused-ring (bicyclic) bond motifs is 3. The van der Waals surface area contributed by atoms with Gasteiger partial charge < -0.3 is 9.88 Å². The van der Waals surface area contributed by atoms with Crippen molar-refractivity contribution in [2.45, 2.75) is 45.2 Å². The van der Waals surface area contributed by atoms with Crippen LogP contribution in [0.25, 0.3) is 10.9 Å². The highest BCUT2D eigenvalue weighted by molar-refractivity contribution is 6.07. The van der Waals surface area contributed by atoms with Crippen molar-refractivity contribution in [2.24, 2.45) is 0 Å². The minimum Gasteiger partial charge on any atom is -0.350 e. The molecule has 1 atom stereocenters.